The van der Waals surface area contributed by atoms with E-state index in [0.717, 1.165) is 17.0 Å². The third-order valence-corrected chi connectivity index (χ3v) is 5.97. The van der Waals surface area contributed by atoms with Crippen LogP contribution in [0.5, 0.6) is 5.75 Å². The molecule has 0 unspecified atom stereocenters. The monoisotopic (exact) mass is 472 g/mol. The van der Waals surface area contributed by atoms with E-state index in [0.29, 0.717) is 30.4 Å². The van der Waals surface area contributed by atoms with Crippen LogP contribution >= 0.6 is 0 Å². The molecule has 2 aromatic carbocycles. The van der Waals surface area contributed by atoms with Crippen LogP contribution in [0.2, 0.25) is 0 Å². The van der Waals surface area contributed by atoms with Gasteiger partial charge in [-0.3, -0.25) is 0 Å². The number of benzene rings is 2. The van der Waals surface area contributed by atoms with Gasteiger partial charge < -0.3 is 30.2 Å². The van der Waals surface area contributed by atoms with Crippen LogP contribution in [-0.4, -0.2) is 60.6 Å². The second kappa shape index (κ2) is 9.97. The standard InChI is InChI=1S/C25H24N6O4/c1-33-21-8-3-2-7-17(21)18-9-10-27-24(29-18)30-19-13-34-23-20(14-35-22(19)23)31-25(32)28-16-6-4-5-15(11-16)12-26/h2-11,19-20,22-23H,13-14H2,1H3,(H,27,29,30)(H2,28,31,32)/t19-,20-,22+,23+/m0/s1. The van der Waals surface area contributed by atoms with Crippen LogP contribution in [0.4, 0.5) is 16.4 Å². The maximum Gasteiger partial charge on any atom is 0.319 e. The van der Waals surface area contributed by atoms with E-state index < -0.39 is 0 Å². The van der Waals surface area contributed by atoms with Crippen molar-refractivity contribution in [1.29, 1.82) is 5.26 Å². The van der Waals surface area contributed by atoms with Crippen molar-refractivity contribution in [3.8, 4) is 23.1 Å². The fourth-order valence-corrected chi connectivity index (χ4v) is 4.35. The first-order chi connectivity index (χ1) is 17.1. The average Bonchev–Trinajstić information content (AvgIpc) is 3.47. The minimum atomic E-state index is -0.387. The highest BCUT2D eigenvalue weighted by Crippen LogP contribution is 2.31. The van der Waals surface area contributed by atoms with Crippen molar-refractivity contribution in [2.24, 2.45) is 0 Å². The molecular formula is C25H24N6O4. The fourth-order valence-electron chi connectivity index (χ4n) is 4.35. The summed E-state index contributed by atoms with van der Waals surface area (Å²) in [4.78, 5) is 21.5. The van der Waals surface area contributed by atoms with Gasteiger partial charge in [0.2, 0.25) is 5.95 Å². The van der Waals surface area contributed by atoms with E-state index in [-0.39, 0.29) is 30.3 Å². The number of fused-ring (bicyclic) bond motifs is 1. The molecule has 10 heteroatoms. The largest absolute Gasteiger partial charge is 0.496 e. The lowest BCUT2D eigenvalue weighted by molar-refractivity contribution is 0.0683. The molecule has 5 rings (SSSR count). The van der Waals surface area contributed by atoms with Crippen molar-refractivity contribution in [2.45, 2.75) is 24.3 Å². The summed E-state index contributed by atoms with van der Waals surface area (Å²) in [7, 11) is 1.63. The Kier molecular flexibility index (Phi) is 6.43. The third kappa shape index (κ3) is 4.87. The minimum absolute atomic E-state index is 0.171. The number of carbonyl (C=O) groups excluding carboxylic acids is 1. The number of amides is 2. The second-order valence-corrected chi connectivity index (χ2v) is 8.21. The number of rotatable bonds is 6. The highest BCUT2D eigenvalue weighted by Gasteiger charge is 2.48. The Morgan fingerprint density at radius 2 is 1.89 bits per heavy atom. The number of ether oxygens (including phenoxy) is 3. The summed E-state index contributed by atoms with van der Waals surface area (Å²) in [5.74, 6) is 1.19. The van der Waals surface area contributed by atoms with E-state index in [2.05, 4.69) is 32.0 Å². The summed E-state index contributed by atoms with van der Waals surface area (Å²) in [6, 6.07) is 17.4. The number of methoxy groups -OCH3 is 1. The molecule has 0 aliphatic carbocycles. The van der Waals surface area contributed by atoms with Crippen LogP contribution in [-0.2, 0) is 9.47 Å². The third-order valence-electron chi connectivity index (χ3n) is 5.97. The van der Waals surface area contributed by atoms with Crippen molar-refractivity contribution in [3.63, 3.8) is 0 Å². The van der Waals surface area contributed by atoms with Gasteiger partial charge in [-0.1, -0.05) is 18.2 Å². The summed E-state index contributed by atoms with van der Waals surface area (Å²) in [5, 5.41) is 18.0. The van der Waals surface area contributed by atoms with Gasteiger partial charge in [-0.2, -0.15) is 5.26 Å². The Balaban J connectivity index is 1.21. The van der Waals surface area contributed by atoms with Crippen molar-refractivity contribution in [1.82, 2.24) is 15.3 Å². The summed E-state index contributed by atoms with van der Waals surface area (Å²) in [6.07, 6.45) is 1.12. The van der Waals surface area contributed by atoms with Crippen molar-refractivity contribution >= 4 is 17.7 Å². The van der Waals surface area contributed by atoms with Crippen LogP contribution in [0.3, 0.4) is 0 Å². The van der Waals surface area contributed by atoms with Crippen LogP contribution in [0.15, 0.2) is 60.8 Å². The predicted molar refractivity (Wildman–Crippen MR) is 128 cm³/mol. The molecule has 0 radical (unpaired) electrons. The first kappa shape index (κ1) is 22.6. The molecule has 178 valence electrons. The highest BCUT2D eigenvalue weighted by molar-refractivity contribution is 5.89. The lowest BCUT2D eigenvalue weighted by Crippen LogP contribution is -2.46. The summed E-state index contributed by atoms with van der Waals surface area (Å²) < 4.78 is 17.4. The van der Waals surface area contributed by atoms with Gasteiger partial charge in [-0.15, -0.1) is 0 Å². The van der Waals surface area contributed by atoms with Gasteiger partial charge in [0.25, 0.3) is 0 Å². The topological polar surface area (TPSA) is 130 Å². The minimum Gasteiger partial charge on any atom is -0.496 e. The Hall–Kier alpha value is -4.20. The number of nitriles is 1. The van der Waals surface area contributed by atoms with E-state index in [1.807, 2.05) is 30.3 Å². The van der Waals surface area contributed by atoms with Crippen LogP contribution in [0.1, 0.15) is 5.56 Å². The van der Waals surface area contributed by atoms with E-state index in [9.17, 15) is 4.79 Å². The molecule has 3 aromatic rings. The number of hydrogen-bond donors (Lipinski definition) is 3. The van der Waals surface area contributed by atoms with E-state index >= 15 is 0 Å². The molecule has 2 fully saturated rings. The molecule has 3 heterocycles. The molecule has 4 atom stereocenters. The number of nitrogens with one attached hydrogen (secondary N) is 3. The Bertz CT molecular complexity index is 1260. The van der Waals surface area contributed by atoms with E-state index in [1.165, 1.54) is 0 Å². The first-order valence-corrected chi connectivity index (χ1v) is 11.2. The molecule has 0 bridgehead atoms. The molecule has 0 saturated carbocycles. The number of carbonyl (C=O) groups is 1. The molecule has 3 N–H and O–H groups in total. The van der Waals surface area contributed by atoms with Crippen molar-refractivity contribution in [2.75, 3.05) is 31.0 Å². The Morgan fingerprint density at radius 3 is 2.71 bits per heavy atom. The van der Waals surface area contributed by atoms with Gasteiger partial charge in [0, 0.05) is 17.4 Å². The number of para-hydroxylation sites is 1. The molecule has 10 nitrogen and oxygen atoms in total. The molecular weight excluding hydrogens is 448 g/mol. The second-order valence-electron chi connectivity index (χ2n) is 8.21. The molecule has 1 aromatic heterocycles. The molecule has 2 saturated heterocycles. The van der Waals surface area contributed by atoms with Gasteiger partial charge in [0.15, 0.2) is 0 Å². The summed E-state index contributed by atoms with van der Waals surface area (Å²) >= 11 is 0. The lowest BCUT2D eigenvalue weighted by Gasteiger charge is -2.19. The zero-order valence-corrected chi connectivity index (χ0v) is 19.0. The molecule has 35 heavy (non-hydrogen) atoms. The van der Waals surface area contributed by atoms with Crippen molar-refractivity contribution in [3.05, 3.63) is 66.4 Å². The van der Waals surface area contributed by atoms with Crippen molar-refractivity contribution < 1.29 is 19.0 Å². The maximum absolute atomic E-state index is 12.5. The Morgan fingerprint density at radius 1 is 1.09 bits per heavy atom. The fraction of sp³-hybridized carbons (Fsp3) is 0.280. The molecule has 2 aliphatic rings. The smallest absolute Gasteiger partial charge is 0.319 e. The van der Waals surface area contributed by atoms with Gasteiger partial charge in [-0.05, 0) is 36.4 Å². The summed E-state index contributed by atoms with van der Waals surface area (Å²) in [5.41, 5.74) is 2.61. The number of anilines is 2. The highest BCUT2D eigenvalue weighted by atomic mass is 16.6. The van der Waals surface area contributed by atoms with Crippen LogP contribution in [0.25, 0.3) is 11.3 Å². The number of aromatic nitrogens is 2. The van der Waals surface area contributed by atoms with Gasteiger partial charge in [-0.25, -0.2) is 14.8 Å². The maximum atomic E-state index is 12.5. The predicted octanol–water partition coefficient (Wildman–Crippen LogP) is 2.79. The number of hydrogen-bond acceptors (Lipinski definition) is 8. The zero-order valence-electron chi connectivity index (χ0n) is 19.0. The SMILES string of the molecule is COc1ccccc1-c1ccnc(N[C@H]2CO[C@H]3[C@@H]2OC[C@@H]3NC(=O)Nc2cccc(C#N)c2)n1. The van der Waals surface area contributed by atoms with Crippen LogP contribution in [0, 0.1) is 11.3 Å². The van der Waals surface area contributed by atoms with Crippen LogP contribution < -0.4 is 20.7 Å². The van der Waals surface area contributed by atoms with Gasteiger partial charge in [0.05, 0.1) is 49.7 Å². The summed E-state index contributed by atoms with van der Waals surface area (Å²) in [6.45, 7) is 0.711. The molecule has 0 spiro atoms. The number of urea groups is 1. The number of nitrogens with zero attached hydrogens (tertiary/aromatic N) is 3. The zero-order chi connectivity index (χ0) is 24.2. The molecule has 2 aliphatic heterocycles. The quantitative estimate of drug-likeness (QED) is 0.499. The van der Waals surface area contributed by atoms with E-state index in [1.54, 1.807) is 37.6 Å². The normalized spacial score (nSPS) is 22.6. The van der Waals surface area contributed by atoms with Gasteiger partial charge >= 0.3 is 6.03 Å². The van der Waals surface area contributed by atoms with Gasteiger partial charge in [0.1, 0.15) is 18.0 Å². The van der Waals surface area contributed by atoms with E-state index in [4.69, 9.17) is 19.5 Å². The average molecular weight is 473 g/mol. The lowest BCUT2D eigenvalue weighted by atomic mass is 10.1. The first-order valence-electron chi connectivity index (χ1n) is 11.2. The Labute approximate surface area is 202 Å². The molecule has 2 amide bonds.